The van der Waals surface area contributed by atoms with Gasteiger partial charge in [-0.15, -0.1) is 0 Å². The van der Waals surface area contributed by atoms with Gasteiger partial charge in [-0.25, -0.2) is 9.18 Å². The van der Waals surface area contributed by atoms with Crippen LogP contribution >= 0.6 is 0 Å². The monoisotopic (exact) mass is 354 g/mol. The molecule has 2 aromatic rings. The van der Waals surface area contributed by atoms with Crippen molar-refractivity contribution in [2.45, 2.75) is 37.1 Å². The third-order valence-electron chi connectivity index (χ3n) is 4.97. The number of carbonyl (C=O) groups excluding carboxylic acids is 1. The van der Waals surface area contributed by atoms with E-state index in [0.29, 0.717) is 12.2 Å². The second-order valence-corrected chi connectivity index (χ2v) is 6.64. The van der Waals surface area contributed by atoms with Crippen LogP contribution in [-0.2, 0) is 4.74 Å². The highest BCUT2D eigenvalue weighted by Crippen LogP contribution is 2.45. The lowest BCUT2D eigenvalue weighted by Gasteiger charge is -2.33. The van der Waals surface area contributed by atoms with Crippen molar-refractivity contribution >= 4 is 5.97 Å². The number of ether oxygens (including phenoxy) is 3. The lowest BCUT2D eigenvalue weighted by Crippen LogP contribution is -2.43. The van der Waals surface area contributed by atoms with Crippen molar-refractivity contribution in [2.24, 2.45) is 0 Å². The molecule has 2 fully saturated rings. The molecule has 2 aliphatic rings. The average Bonchev–Trinajstić information content (AvgIpc) is 3.26. The van der Waals surface area contributed by atoms with E-state index in [0.717, 1.165) is 12.8 Å². The van der Waals surface area contributed by atoms with Gasteiger partial charge < -0.3 is 14.2 Å². The number of benzene rings is 2. The van der Waals surface area contributed by atoms with Crippen LogP contribution in [0.5, 0.6) is 11.5 Å². The number of fused-ring (bicyclic) bond motifs is 2. The van der Waals surface area contributed by atoms with Crippen LogP contribution in [0.3, 0.4) is 0 Å². The zero-order valence-corrected chi connectivity index (χ0v) is 14.2. The Bertz CT molecular complexity index is 835. The standard InChI is InChI=1S/C21H19FO4/c1-2-21(13-16-9-11-19(21)24-16)26-18-12-14(8-10-17(18)22)20(23)25-15-6-4-3-5-7-15/h2-8,10,12,16,19H,1,9,11,13H2. The molecule has 2 aliphatic heterocycles. The minimum atomic E-state index is -0.758. The van der Waals surface area contributed by atoms with E-state index in [2.05, 4.69) is 6.58 Å². The summed E-state index contributed by atoms with van der Waals surface area (Å²) in [4.78, 5) is 12.3. The summed E-state index contributed by atoms with van der Waals surface area (Å²) in [6.45, 7) is 3.85. The summed E-state index contributed by atoms with van der Waals surface area (Å²) in [6, 6.07) is 12.7. The summed E-state index contributed by atoms with van der Waals surface area (Å²) in [5.41, 5.74) is -0.542. The molecule has 2 bridgehead atoms. The van der Waals surface area contributed by atoms with Gasteiger partial charge in [-0.3, -0.25) is 0 Å². The fourth-order valence-electron chi connectivity index (χ4n) is 3.63. The van der Waals surface area contributed by atoms with E-state index < -0.39 is 17.4 Å². The van der Waals surface area contributed by atoms with Crippen LogP contribution in [0.15, 0.2) is 61.2 Å². The first-order valence-electron chi connectivity index (χ1n) is 8.64. The van der Waals surface area contributed by atoms with Crippen LogP contribution in [0.2, 0.25) is 0 Å². The Morgan fingerprint density at radius 1 is 1.23 bits per heavy atom. The SMILES string of the molecule is C=CC1(Oc2cc(C(=O)Oc3ccccc3)ccc2F)CC2CCC1O2. The zero-order valence-electron chi connectivity index (χ0n) is 14.2. The van der Waals surface area contributed by atoms with Crippen molar-refractivity contribution in [3.8, 4) is 11.5 Å². The fraction of sp³-hybridized carbons (Fsp3) is 0.286. The summed E-state index contributed by atoms with van der Waals surface area (Å²) >= 11 is 0. The molecular formula is C21H19FO4. The molecule has 2 saturated heterocycles. The van der Waals surface area contributed by atoms with Crippen molar-refractivity contribution in [1.82, 2.24) is 0 Å². The lowest BCUT2D eigenvalue weighted by molar-refractivity contribution is 0.0216. The molecular weight excluding hydrogens is 335 g/mol. The molecule has 0 amide bonds. The van der Waals surface area contributed by atoms with Gasteiger partial charge in [0.05, 0.1) is 11.7 Å². The minimum Gasteiger partial charge on any atom is -0.477 e. The van der Waals surface area contributed by atoms with Gasteiger partial charge in [0.1, 0.15) is 11.9 Å². The van der Waals surface area contributed by atoms with Crippen LogP contribution in [0.4, 0.5) is 4.39 Å². The third kappa shape index (κ3) is 2.99. The van der Waals surface area contributed by atoms with Crippen molar-refractivity contribution in [1.29, 1.82) is 0 Å². The Kier molecular flexibility index (Phi) is 4.24. The highest BCUT2D eigenvalue weighted by Gasteiger charge is 2.53. The highest BCUT2D eigenvalue weighted by molar-refractivity contribution is 5.91. The fourth-order valence-corrected chi connectivity index (χ4v) is 3.63. The summed E-state index contributed by atoms with van der Waals surface area (Å²) in [5.74, 6) is -0.680. The van der Waals surface area contributed by atoms with Gasteiger partial charge in [0, 0.05) is 6.42 Å². The van der Waals surface area contributed by atoms with Crippen molar-refractivity contribution in [3.05, 3.63) is 72.6 Å². The maximum atomic E-state index is 14.3. The van der Waals surface area contributed by atoms with Crippen molar-refractivity contribution in [2.75, 3.05) is 0 Å². The number of carbonyl (C=O) groups is 1. The third-order valence-corrected chi connectivity index (χ3v) is 4.97. The van der Waals surface area contributed by atoms with E-state index in [9.17, 15) is 9.18 Å². The second-order valence-electron chi connectivity index (χ2n) is 6.64. The molecule has 3 unspecified atom stereocenters. The molecule has 0 radical (unpaired) electrons. The maximum absolute atomic E-state index is 14.3. The summed E-state index contributed by atoms with van der Waals surface area (Å²) in [5, 5.41) is 0. The van der Waals surface area contributed by atoms with E-state index in [1.165, 1.54) is 18.2 Å². The second kappa shape index (κ2) is 6.57. The topological polar surface area (TPSA) is 44.8 Å². The molecule has 134 valence electrons. The average molecular weight is 354 g/mol. The zero-order chi connectivity index (χ0) is 18.1. The van der Waals surface area contributed by atoms with Crippen LogP contribution in [0, 0.1) is 5.82 Å². The van der Waals surface area contributed by atoms with Gasteiger partial charge in [0.2, 0.25) is 0 Å². The Hall–Kier alpha value is -2.66. The first-order valence-corrected chi connectivity index (χ1v) is 8.64. The molecule has 0 aliphatic carbocycles. The number of para-hydroxylation sites is 1. The van der Waals surface area contributed by atoms with Crippen molar-refractivity contribution in [3.63, 3.8) is 0 Å². The van der Waals surface area contributed by atoms with Gasteiger partial charge in [-0.1, -0.05) is 24.8 Å². The van der Waals surface area contributed by atoms with Crippen LogP contribution in [0.1, 0.15) is 29.6 Å². The first-order chi connectivity index (χ1) is 12.6. The normalized spacial score (nSPS) is 26.5. The number of esters is 1. The minimum absolute atomic E-state index is 0.00330. The number of rotatable bonds is 5. The van der Waals surface area contributed by atoms with E-state index in [1.54, 1.807) is 30.3 Å². The van der Waals surface area contributed by atoms with Gasteiger partial charge in [0.25, 0.3) is 0 Å². The van der Waals surface area contributed by atoms with Gasteiger partial charge in [0.15, 0.2) is 17.2 Å². The van der Waals surface area contributed by atoms with Crippen molar-refractivity contribution < 1.29 is 23.4 Å². The van der Waals surface area contributed by atoms with Crippen LogP contribution in [0.25, 0.3) is 0 Å². The smallest absolute Gasteiger partial charge is 0.343 e. The molecule has 4 rings (SSSR count). The Morgan fingerprint density at radius 2 is 2.04 bits per heavy atom. The number of hydrogen-bond acceptors (Lipinski definition) is 4. The Morgan fingerprint density at radius 3 is 2.69 bits per heavy atom. The summed E-state index contributed by atoms with van der Waals surface area (Å²) in [6.07, 6.45) is 4.14. The van der Waals surface area contributed by atoms with Gasteiger partial charge in [-0.2, -0.15) is 0 Å². The van der Waals surface area contributed by atoms with Crippen LogP contribution < -0.4 is 9.47 Å². The molecule has 0 aromatic heterocycles. The number of halogens is 1. The Labute approximate surface area is 151 Å². The van der Waals surface area contributed by atoms with Crippen LogP contribution in [-0.4, -0.2) is 23.8 Å². The molecule has 5 heteroatoms. The summed E-state index contributed by atoms with van der Waals surface area (Å²) < 4.78 is 31.4. The first kappa shape index (κ1) is 16.8. The predicted octanol–water partition coefficient (Wildman–Crippen LogP) is 4.30. The quantitative estimate of drug-likeness (QED) is 0.456. The van der Waals surface area contributed by atoms with Gasteiger partial charge in [-0.05, 0) is 49.2 Å². The van der Waals surface area contributed by atoms with E-state index in [1.807, 2.05) is 6.07 Å². The predicted molar refractivity (Wildman–Crippen MR) is 93.9 cm³/mol. The summed E-state index contributed by atoms with van der Waals surface area (Å²) in [7, 11) is 0. The largest absolute Gasteiger partial charge is 0.477 e. The molecule has 0 spiro atoms. The van der Waals surface area contributed by atoms with E-state index >= 15 is 0 Å². The molecule has 0 N–H and O–H groups in total. The lowest BCUT2D eigenvalue weighted by atomic mass is 9.84. The van der Waals surface area contributed by atoms with E-state index in [4.69, 9.17) is 14.2 Å². The molecule has 4 nitrogen and oxygen atoms in total. The Balaban J connectivity index is 1.56. The molecule has 26 heavy (non-hydrogen) atoms. The molecule has 2 heterocycles. The molecule has 2 aromatic carbocycles. The number of hydrogen-bond donors (Lipinski definition) is 0. The highest BCUT2D eigenvalue weighted by atomic mass is 19.1. The van der Waals surface area contributed by atoms with E-state index in [-0.39, 0.29) is 23.5 Å². The molecule has 0 saturated carbocycles. The maximum Gasteiger partial charge on any atom is 0.343 e. The molecule has 3 atom stereocenters. The van der Waals surface area contributed by atoms with Gasteiger partial charge >= 0.3 is 5.97 Å².